The zero-order chi connectivity index (χ0) is 9.42. The third-order valence-electron chi connectivity index (χ3n) is 1.81. The second-order valence-electron chi connectivity index (χ2n) is 2.57. The van der Waals surface area contributed by atoms with Crippen LogP contribution in [0.5, 0.6) is 0 Å². The molecule has 0 aliphatic rings. The molecule has 6 heteroatoms. The van der Waals surface area contributed by atoms with Gasteiger partial charge >= 0.3 is 0 Å². The SMILES string of the molecule is Cc1c(C#N)nn2ncnc(N)c12. The maximum Gasteiger partial charge on any atom is 0.168 e. The van der Waals surface area contributed by atoms with Crippen molar-refractivity contribution < 1.29 is 0 Å². The van der Waals surface area contributed by atoms with E-state index in [2.05, 4.69) is 15.2 Å². The number of aryl methyl sites for hydroxylation is 1. The highest BCUT2D eigenvalue weighted by molar-refractivity contribution is 5.70. The van der Waals surface area contributed by atoms with Gasteiger partial charge in [-0.15, -0.1) is 14.8 Å². The van der Waals surface area contributed by atoms with Crippen molar-refractivity contribution in [2.75, 3.05) is 5.73 Å². The fourth-order valence-corrected chi connectivity index (χ4v) is 1.16. The van der Waals surface area contributed by atoms with Crippen molar-refractivity contribution in [1.29, 1.82) is 5.26 Å². The van der Waals surface area contributed by atoms with E-state index in [0.29, 0.717) is 22.6 Å². The predicted molar refractivity (Wildman–Crippen MR) is 44.6 cm³/mol. The van der Waals surface area contributed by atoms with Crippen LogP contribution in [0.3, 0.4) is 0 Å². The molecule has 2 heterocycles. The van der Waals surface area contributed by atoms with E-state index in [1.165, 1.54) is 11.0 Å². The Labute approximate surface area is 73.6 Å². The van der Waals surface area contributed by atoms with Crippen LogP contribution in [0.2, 0.25) is 0 Å². The molecular formula is C7H6N6. The smallest absolute Gasteiger partial charge is 0.168 e. The molecule has 0 bridgehead atoms. The van der Waals surface area contributed by atoms with Gasteiger partial charge in [0.05, 0.1) is 0 Å². The zero-order valence-corrected chi connectivity index (χ0v) is 6.89. The van der Waals surface area contributed by atoms with Gasteiger partial charge in [-0.1, -0.05) is 0 Å². The van der Waals surface area contributed by atoms with Crippen LogP contribution in [0.1, 0.15) is 11.3 Å². The number of hydrogen-bond donors (Lipinski definition) is 1. The normalized spacial score (nSPS) is 10.2. The van der Waals surface area contributed by atoms with E-state index < -0.39 is 0 Å². The van der Waals surface area contributed by atoms with Crippen LogP contribution in [0.25, 0.3) is 5.52 Å². The second kappa shape index (κ2) is 2.42. The minimum absolute atomic E-state index is 0.326. The summed E-state index contributed by atoms with van der Waals surface area (Å²) in [5, 5.41) is 16.4. The average molecular weight is 174 g/mol. The molecule has 0 saturated heterocycles. The van der Waals surface area contributed by atoms with Crippen molar-refractivity contribution in [3.8, 4) is 6.07 Å². The van der Waals surface area contributed by atoms with E-state index in [1.54, 1.807) is 6.92 Å². The molecule has 0 aliphatic carbocycles. The Bertz CT molecular complexity index is 505. The highest BCUT2D eigenvalue weighted by Crippen LogP contribution is 2.16. The van der Waals surface area contributed by atoms with Gasteiger partial charge in [-0.05, 0) is 6.92 Å². The molecule has 0 saturated carbocycles. The lowest BCUT2D eigenvalue weighted by Crippen LogP contribution is -2.00. The van der Waals surface area contributed by atoms with E-state index in [0.717, 1.165) is 0 Å². The third-order valence-corrected chi connectivity index (χ3v) is 1.81. The van der Waals surface area contributed by atoms with Crippen LogP contribution >= 0.6 is 0 Å². The first-order valence-corrected chi connectivity index (χ1v) is 3.60. The lowest BCUT2D eigenvalue weighted by Gasteiger charge is -1.94. The molecule has 0 spiro atoms. The summed E-state index contributed by atoms with van der Waals surface area (Å²) in [6.07, 6.45) is 1.30. The Morgan fingerprint density at radius 2 is 2.38 bits per heavy atom. The highest BCUT2D eigenvalue weighted by Gasteiger charge is 2.11. The lowest BCUT2D eigenvalue weighted by atomic mass is 10.2. The number of nitrogens with zero attached hydrogens (tertiary/aromatic N) is 5. The highest BCUT2D eigenvalue weighted by atomic mass is 15.4. The summed E-state index contributed by atoms with van der Waals surface area (Å²) >= 11 is 0. The summed E-state index contributed by atoms with van der Waals surface area (Å²) in [7, 11) is 0. The van der Waals surface area contributed by atoms with Crippen LogP contribution in [0.4, 0.5) is 5.82 Å². The zero-order valence-electron chi connectivity index (χ0n) is 6.89. The molecule has 2 aromatic rings. The van der Waals surface area contributed by atoms with Crippen LogP contribution in [-0.2, 0) is 0 Å². The van der Waals surface area contributed by atoms with Crippen molar-refractivity contribution in [3.63, 3.8) is 0 Å². The number of fused-ring (bicyclic) bond motifs is 1. The largest absolute Gasteiger partial charge is 0.382 e. The number of nitrogens with two attached hydrogens (primary N) is 1. The van der Waals surface area contributed by atoms with E-state index in [4.69, 9.17) is 11.0 Å². The molecule has 0 radical (unpaired) electrons. The van der Waals surface area contributed by atoms with Crippen molar-refractivity contribution in [2.24, 2.45) is 0 Å². The van der Waals surface area contributed by atoms with Gasteiger partial charge in [-0.25, -0.2) is 4.98 Å². The monoisotopic (exact) mass is 174 g/mol. The number of rotatable bonds is 0. The maximum absolute atomic E-state index is 8.70. The fourth-order valence-electron chi connectivity index (χ4n) is 1.16. The number of aromatic nitrogens is 4. The molecule has 2 aromatic heterocycles. The van der Waals surface area contributed by atoms with Crippen LogP contribution in [0.15, 0.2) is 6.33 Å². The van der Waals surface area contributed by atoms with Gasteiger partial charge in [0.2, 0.25) is 0 Å². The standard InChI is InChI=1S/C7H6N6/c1-4-5(2-8)12-13-6(4)7(9)10-3-11-13/h3H,1H3,(H2,9,10,11). The van der Waals surface area contributed by atoms with E-state index in [-0.39, 0.29) is 0 Å². The molecule has 0 atom stereocenters. The number of nitrogen functional groups attached to an aromatic ring is 1. The minimum Gasteiger partial charge on any atom is -0.382 e. The summed E-state index contributed by atoms with van der Waals surface area (Å²) in [4.78, 5) is 3.81. The molecule has 0 aromatic carbocycles. The first kappa shape index (κ1) is 7.49. The van der Waals surface area contributed by atoms with Gasteiger partial charge < -0.3 is 5.73 Å². The fraction of sp³-hybridized carbons (Fsp3) is 0.143. The Kier molecular flexibility index (Phi) is 1.39. The molecule has 0 fully saturated rings. The summed E-state index contributed by atoms with van der Waals surface area (Å²) in [6.45, 7) is 1.76. The summed E-state index contributed by atoms with van der Waals surface area (Å²) < 4.78 is 1.32. The molecule has 0 unspecified atom stereocenters. The molecule has 2 N–H and O–H groups in total. The quantitative estimate of drug-likeness (QED) is 0.601. The minimum atomic E-state index is 0.326. The maximum atomic E-state index is 8.70. The van der Waals surface area contributed by atoms with Gasteiger partial charge in [0.1, 0.15) is 17.9 Å². The summed E-state index contributed by atoms with van der Waals surface area (Å²) in [5.74, 6) is 0.335. The Hall–Kier alpha value is -2.16. The van der Waals surface area contributed by atoms with Crippen molar-refractivity contribution in [1.82, 2.24) is 19.8 Å². The van der Waals surface area contributed by atoms with Crippen LogP contribution < -0.4 is 5.73 Å². The number of hydrogen-bond acceptors (Lipinski definition) is 5. The lowest BCUT2D eigenvalue weighted by molar-refractivity contribution is 0.779. The first-order valence-electron chi connectivity index (χ1n) is 3.60. The first-order chi connectivity index (χ1) is 6.24. The average Bonchev–Trinajstić information content (AvgIpc) is 2.44. The Morgan fingerprint density at radius 1 is 1.62 bits per heavy atom. The molecule has 2 rings (SSSR count). The van der Waals surface area contributed by atoms with Gasteiger partial charge in [0.25, 0.3) is 0 Å². The second-order valence-corrected chi connectivity index (χ2v) is 2.57. The molecule has 0 aliphatic heterocycles. The van der Waals surface area contributed by atoms with Crippen molar-refractivity contribution in [3.05, 3.63) is 17.6 Å². The molecule has 13 heavy (non-hydrogen) atoms. The molecule has 64 valence electrons. The molecule has 6 nitrogen and oxygen atoms in total. The number of nitriles is 1. The van der Waals surface area contributed by atoms with Crippen molar-refractivity contribution >= 4 is 11.3 Å². The predicted octanol–water partition coefficient (Wildman–Crippen LogP) is -0.113. The van der Waals surface area contributed by atoms with Gasteiger partial charge in [-0.2, -0.15) is 5.26 Å². The van der Waals surface area contributed by atoms with E-state index >= 15 is 0 Å². The number of anilines is 1. The van der Waals surface area contributed by atoms with Gasteiger partial charge in [-0.3, -0.25) is 0 Å². The third kappa shape index (κ3) is 0.906. The summed E-state index contributed by atoms with van der Waals surface area (Å²) in [6, 6.07) is 1.96. The Morgan fingerprint density at radius 3 is 3.00 bits per heavy atom. The Balaban J connectivity index is 2.95. The summed E-state index contributed by atoms with van der Waals surface area (Å²) in [5.41, 5.74) is 7.24. The molecule has 0 amide bonds. The van der Waals surface area contributed by atoms with Gasteiger partial charge in [0, 0.05) is 5.56 Å². The topological polar surface area (TPSA) is 92.9 Å². The van der Waals surface area contributed by atoms with E-state index in [9.17, 15) is 0 Å². The molecular weight excluding hydrogens is 168 g/mol. The van der Waals surface area contributed by atoms with Crippen LogP contribution in [-0.4, -0.2) is 19.8 Å². The van der Waals surface area contributed by atoms with E-state index in [1.807, 2.05) is 6.07 Å². The van der Waals surface area contributed by atoms with Crippen LogP contribution in [0, 0.1) is 18.3 Å². The van der Waals surface area contributed by atoms with Gasteiger partial charge in [0.15, 0.2) is 11.5 Å². The van der Waals surface area contributed by atoms with Crippen molar-refractivity contribution in [2.45, 2.75) is 6.92 Å².